The van der Waals surface area contributed by atoms with Gasteiger partial charge in [0.05, 0.1) is 0 Å². The molecule has 0 heterocycles. The van der Waals surface area contributed by atoms with Crippen LogP contribution < -0.4 is 5.73 Å². The molecule has 0 saturated heterocycles. The van der Waals surface area contributed by atoms with E-state index >= 15 is 0 Å². The van der Waals surface area contributed by atoms with Crippen molar-refractivity contribution in [3.8, 4) is 0 Å². The Kier molecular flexibility index (Phi) is 5.01. The van der Waals surface area contributed by atoms with Gasteiger partial charge in [-0.1, -0.05) is 0 Å². The molecule has 0 spiro atoms. The van der Waals surface area contributed by atoms with E-state index in [1.165, 1.54) is 0 Å². The van der Waals surface area contributed by atoms with Crippen molar-refractivity contribution in [1.29, 1.82) is 0 Å². The molecule has 2 N–H and O–H groups in total. The normalized spacial score (nSPS) is 13.9. The quantitative estimate of drug-likeness (QED) is 0.552. The Hall–Kier alpha value is -0.0800. The molecule has 2 heteroatoms. The Morgan fingerprint density at radius 1 is 1.62 bits per heavy atom. The van der Waals surface area contributed by atoms with Crippen molar-refractivity contribution < 1.29 is 4.74 Å². The molecule has 0 unspecified atom stereocenters. The molecule has 0 aliphatic rings. The van der Waals surface area contributed by atoms with Crippen LogP contribution in [0, 0.1) is 0 Å². The van der Waals surface area contributed by atoms with Gasteiger partial charge in [0.15, 0.2) is 0 Å². The SMILES string of the molecule is COCCC[C@H](C)N. The smallest absolute Gasteiger partial charge is 0.0462 e. The lowest BCUT2D eigenvalue weighted by molar-refractivity contribution is 0.191. The van der Waals surface area contributed by atoms with Gasteiger partial charge in [0, 0.05) is 19.8 Å². The van der Waals surface area contributed by atoms with Crippen molar-refractivity contribution >= 4 is 0 Å². The van der Waals surface area contributed by atoms with Crippen molar-refractivity contribution in [2.24, 2.45) is 5.73 Å². The minimum Gasteiger partial charge on any atom is -0.385 e. The largest absolute Gasteiger partial charge is 0.385 e. The summed E-state index contributed by atoms with van der Waals surface area (Å²) >= 11 is 0. The number of hydrogen-bond acceptors (Lipinski definition) is 2. The molecule has 0 fully saturated rings. The first-order valence-electron chi connectivity index (χ1n) is 3.02. The third kappa shape index (κ3) is 5.92. The summed E-state index contributed by atoms with van der Waals surface area (Å²) in [5.74, 6) is 0. The minimum absolute atomic E-state index is 0.324. The fourth-order valence-corrected chi connectivity index (χ4v) is 0.550. The van der Waals surface area contributed by atoms with Crippen LogP contribution in [0.25, 0.3) is 0 Å². The van der Waals surface area contributed by atoms with Crippen molar-refractivity contribution in [2.45, 2.75) is 25.8 Å². The maximum Gasteiger partial charge on any atom is 0.0462 e. The predicted molar refractivity (Wildman–Crippen MR) is 34.8 cm³/mol. The highest BCUT2D eigenvalue weighted by Gasteiger charge is 1.90. The highest BCUT2D eigenvalue weighted by atomic mass is 16.5. The van der Waals surface area contributed by atoms with Gasteiger partial charge in [-0.15, -0.1) is 0 Å². The maximum absolute atomic E-state index is 5.48. The van der Waals surface area contributed by atoms with E-state index in [0.717, 1.165) is 19.4 Å². The zero-order valence-corrected chi connectivity index (χ0v) is 5.68. The molecule has 0 aliphatic carbocycles. The predicted octanol–water partition coefficient (Wildman–Crippen LogP) is 0.760. The first-order chi connectivity index (χ1) is 3.77. The molecule has 0 aromatic carbocycles. The van der Waals surface area contributed by atoms with Gasteiger partial charge in [0.25, 0.3) is 0 Å². The number of rotatable bonds is 4. The minimum atomic E-state index is 0.324. The Morgan fingerprint density at radius 3 is 2.62 bits per heavy atom. The highest BCUT2D eigenvalue weighted by Crippen LogP contribution is 1.91. The molecular weight excluding hydrogens is 102 g/mol. The van der Waals surface area contributed by atoms with E-state index in [2.05, 4.69) is 0 Å². The second-order valence-corrected chi connectivity index (χ2v) is 2.11. The lowest BCUT2D eigenvalue weighted by atomic mass is 10.2. The fraction of sp³-hybridized carbons (Fsp3) is 1.00. The molecule has 0 saturated carbocycles. The van der Waals surface area contributed by atoms with Crippen LogP contribution in [0.2, 0.25) is 0 Å². The summed E-state index contributed by atoms with van der Waals surface area (Å²) in [6, 6.07) is 0.324. The van der Waals surface area contributed by atoms with E-state index in [-0.39, 0.29) is 0 Å². The Labute approximate surface area is 51.0 Å². The summed E-state index contributed by atoms with van der Waals surface area (Å²) in [6.45, 7) is 2.84. The standard InChI is InChI=1S/C6H15NO/c1-6(7)4-3-5-8-2/h6H,3-5,7H2,1-2H3/t6-/m0/s1. The summed E-state index contributed by atoms with van der Waals surface area (Å²) in [5, 5.41) is 0. The topological polar surface area (TPSA) is 35.2 Å². The number of nitrogens with two attached hydrogens (primary N) is 1. The monoisotopic (exact) mass is 117 g/mol. The Balaban J connectivity index is 2.72. The number of ether oxygens (including phenoxy) is 1. The summed E-state index contributed by atoms with van der Waals surface area (Å²) in [7, 11) is 1.71. The van der Waals surface area contributed by atoms with Gasteiger partial charge in [-0.05, 0) is 19.8 Å². The van der Waals surface area contributed by atoms with E-state index in [9.17, 15) is 0 Å². The van der Waals surface area contributed by atoms with E-state index in [1.807, 2.05) is 6.92 Å². The van der Waals surface area contributed by atoms with Crippen LogP contribution in [-0.4, -0.2) is 19.8 Å². The van der Waals surface area contributed by atoms with Crippen LogP contribution in [0.1, 0.15) is 19.8 Å². The molecule has 0 amide bonds. The lowest BCUT2D eigenvalue weighted by Crippen LogP contribution is -2.14. The summed E-state index contributed by atoms with van der Waals surface area (Å²) < 4.78 is 4.84. The third-order valence-corrected chi connectivity index (χ3v) is 1.01. The van der Waals surface area contributed by atoms with Crippen LogP contribution in [-0.2, 0) is 4.74 Å². The van der Waals surface area contributed by atoms with Gasteiger partial charge >= 0.3 is 0 Å². The molecule has 0 bridgehead atoms. The van der Waals surface area contributed by atoms with Gasteiger partial charge in [-0.25, -0.2) is 0 Å². The molecule has 0 aliphatic heterocycles. The van der Waals surface area contributed by atoms with Crippen LogP contribution in [0.3, 0.4) is 0 Å². The van der Waals surface area contributed by atoms with Crippen LogP contribution in [0.15, 0.2) is 0 Å². The van der Waals surface area contributed by atoms with Crippen molar-refractivity contribution in [3.05, 3.63) is 0 Å². The van der Waals surface area contributed by atoms with Gasteiger partial charge in [0.2, 0.25) is 0 Å². The van der Waals surface area contributed by atoms with Crippen LogP contribution >= 0.6 is 0 Å². The van der Waals surface area contributed by atoms with Crippen molar-refractivity contribution in [2.75, 3.05) is 13.7 Å². The van der Waals surface area contributed by atoms with E-state index < -0.39 is 0 Å². The van der Waals surface area contributed by atoms with E-state index in [1.54, 1.807) is 7.11 Å². The average molecular weight is 117 g/mol. The molecule has 0 radical (unpaired) electrons. The first kappa shape index (κ1) is 7.92. The Morgan fingerprint density at radius 2 is 2.25 bits per heavy atom. The van der Waals surface area contributed by atoms with Crippen LogP contribution in [0.4, 0.5) is 0 Å². The summed E-state index contributed by atoms with van der Waals surface area (Å²) in [4.78, 5) is 0. The molecule has 50 valence electrons. The molecular formula is C6H15NO. The van der Waals surface area contributed by atoms with Crippen molar-refractivity contribution in [3.63, 3.8) is 0 Å². The first-order valence-corrected chi connectivity index (χ1v) is 3.02. The van der Waals surface area contributed by atoms with Gasteiger partial charge in [-0.3, -0.25) is 0 Å². The molecule has 0 aromatic heterocycles. The molecule has 0 aromatic rings. The second kappa shape index (κ2) is 5.06. The molecule has 1 atom stereocenters. The van der Waals surface area contributed by atoms with Gasteiger partial charge in [0.1, 0.15) is 0 Å². The summed E-state index contributed by atoms with van der Waals surface area (Å²) in [5.41, 5.74) is 5.48. The van der Waals surface area contributed by atoms with Crippen molar-refractivity contribution in [1.82, 2.24) is 0 Å². The average Bonchev–Trinajstić information content (AvgIpc) is 1.66. The van der Waals surface area contributed by atoms with Gasteiger partial charge in [-0.2, -0.15) is 0 Å². The highest BCUT2D eigenvalue weighted by molar-refractivity contribution is 4.50. The van der Waals surface area contributed by atoms with Crippen LogP contribution in [0.5, 0.6) is 0 Å². The van der Waals surface area contributed by atoms with Gasteiger partial charge < -0.3 is 10.5 Å². The number of hydrogen-bond donors (Lipinski definition) is 1. The lowest BCUT2D eigenvalue weighted by Gasteiger charge is -2.01. The molecule has 8 heavy (non-hydrogen) atoms. The fourth-order valence-electron chi connectivity index (χ4n) is 0.550. The van der Waals surface area contributed by atoms with E-state index in [4.69, 9.17) is 10.5 Å². The number of methoxy groups -OCH3 is 1. The molecule has 0 rings (SSSR count). The third-order valence-electron chi connectivity index (χ3n) is 1.01. The second-order valence-electron chi connectivity index (χ2n) is 2.11. The zero-order chi connectivity index (χ0) is 6.41. The maximum atomic E-state index is 5.48. The summed E-state index contributed by atoms with van der Waals surface area (Å²) in [6.07, 6.45) is 2.14. The van der Waals surface area contributed by atoms with E-state index in [0.29, 0.717) is 6.04 Å². The Bertz CT molecular complexity index is 45.8. The molecule has 2 nitrogen and oxygen atoms in total. The zero-order valence-electron chi connectivity index (χ0n) is 5.68.